The zero-order valence-corrected chi connectivity index (χ0v) is 20.4. The minimum absolute atomic E-state index is 0.0772. The molecule has 1 aliphatic heterocycles. The number of esters is 1. The predicted molar refractivity (Wildman–Crippen MR) is 135 cm³/mol. The SMILES string of the molecule is COC(=O)CCN1CCN(c2cc3c(cc2F)c(=O)c(OC(=O)O)cn3C2CC2)CC1c1ccccc1. The van der Waals surface area contributed by atoms with E-state index in [0.717, 1.165) is 18.4 Å². The molecule has 3 aromatic rings. The van der Waals surface area contributed by atoms with Crippen molar-refractivity contribution in [3.8, 4) is 5.75 Å². The molecule has 1 atom stereocenters. The maximum absolute atomic E-state index is 15.5. The molecule has 37 heavy (non-hydrogen) atoms. The lowest BCUT2D eigenvalue weighted by atomic mass is 10.0. The van der Waals surface area contributed by atoms with Crippen molar-refractivity contribution in [2.75, 3.05) is 38.2 Å². The van der Waals surface area contributed by atoms with E-state index in [1.54, 1.807) is 6.07 Å². The Hall–Kier alpha value is -3.92. The molecule has 0 radical (unpaired) electrons. The van der Waals surface area contributed by atoms with Gasteiger partial charge in [-0.1, -0.05) is 30.3 Å². The van der Waals surface area contributed by atoms with Gasteiger partial charge in [-0.05, 0) is 30.5 Å². The molecule has 1 N–H and O–H groups in total. The zero-order chi connectivity index (χ0) is 26.1. The first-order valence-electron chi connectivity index (χ1n) is 12.3. The first-order chi connectivity index (χ1) is 17.9. The van der Waals surface area contributed by atoms with E-state index in [9.17, 15) is 14.4 Å². The second-order valence-corrected chi connectivity index (χ2v) is 9.38. The van der Waals surface area contributed by atoms with E-state index in [1.165, 1.54) is 19.4 Å². The number of hydrogen-bond acceptors (Lipinski definition) is 7. The van der Waals surface area contributed by atoms with Crippen LogP contribution in [-0.4, -0.2) is 60.0 Å². The van der Waals surface area contributed by atoms with Gasteiger partial charge in [-0.3, -0.25) is 14.5 Å². The molecule has 1 aromatic heterocycles. The van der Waals surface area contributed by atoms with Gasteiger partial charge >= 0.3 is 12.1 Å². The van der Waals surface area contributed by atoms with Crippen LogP contribution in [0.15, 0.2) is 53.5 Å². The van der Waals surface area contributed by atoms with Crippen LogP contribution in [0, 0.1) is 5.82 Å². The summed E-state index contributed by atoms with van der Waals surface area (Å²) in [5, 5.41) is 9.11. The van der Waals surface area contributed by atoms with Gasteiger partial charge < -0.3 is 24.0 Å². The van der Waals surface area contributed by atoms with Gasteiger partial charge in [-0.15, -0.1) is 0 Å². The highest BCUT2D eigenvalue weighted by atomic mass is 19.1. The average molecular weight is 510 g/mol. The Morgan fingerprint density at radius 2 is 1.89 bits per heavy atom. The molecule has 2 heterocycles. The Balaban J connectivity index is 1.51. The average Bonchev–Trinajstić information content (AvgIpc) is 3.74. The maximum Gasteiger partial charge on any atom is 0.511 e. The lowest BCUT2D eigenvalue weighted by molar-refractivity contribution is -0.141. The first kappa shape index (κ1) is 24.8. The van der Waals surface area contributed by atoms with E-state index in [-0.39, 0.29) is 35.6 Å². The quantitative estimate of drug-likeness (QED) is 0.478. The van der Waals surface area contributed by atoms with Gasteiger partial charge in [0.05, 0.1) is 42.4 Å². The van der Waals surface area contributed by atoms with Crippen molar-refractivity contribution in [1.29, 1.82) is 0 Å². The van der Waals surface area contributed by atoms with Crippen LogP contribution < -0.4 is 15.1 Å². The summed E-state index contributed by atoms with van der Waals surface area (Å²) in [6.45, 7) is 2.14. The second-order valence-electron chi connectivity index (χ2n) is 9.38. The number of halogens is 1. The normalized spacial score (nSPS) is 18.1. The van der Waals surface area contributed by atoms with Crippen LogP contribution in [0.5, 0.6) is 5.75 Å². The van der Waals surface area contributed by atoms with E-state index in [4.69, 9.17) is 14.6 Å². The number of ether oxygens (including phenoxy) is 2. The molecular weight excluding hydrogens is 481 g/mol. The highest BCUT2D eigenvalue weighted by Crippen LogP contribution is 2.39. The fourth-order valence-corrected chi connectivity index (χ4v) is 5.03. The first-order valence-corrected chi connectivity index (χ1v) is 12.3. The van der Waals surface area contributed by atoms with E-state index in [0.29, 0.717) is 37.4 Å². The van der Waals surface area contributed by atoms with Crippen LogP contribution in [0.4, 0.5) is 14.9 Å². The van der Waals surface area contributed by atoms with E-state index in [2.05, 4.69) is 4.90 Å². The zero-order valence-electron chi connectivity index (χ0n) is 20.4. The molecule has 1 unspecified atom stereocenters. The molecule has 10 heteroatoms. The minimum atomic E-state index is -1.59. The number of nitrogens with zero attached hydrogens (tertiary/aromatic N) is 3. The summed E-state index contributed by atoms with van der Waals surface area (Å²) in [6, 6.07) is 12.8. The second kappa shape index (κ2) is 10.2. The number of benzene rings is 2. The molecule has 0 spiro atoms. The van der Waals surface area contributed by atoms with Crippen molar-refractivity contribution in [2.45, 2.75) is 31.3 Å². The molecule has 1 saturated heterocycles. The van der Waals surface area contributed by atoms with Crippen molar-refractivity contribution in [1.82, 2.24) is 9.47 Å². The summed E-state index contributed by atoms with van der Waals surface area (Å²) in [5.41, 5.74) is 1.32. The largest absolute Gasteiger partial charge is 0.511 e. The topological polar surface area (TPSA) is 101 Å². The van der Waals surface area contributed by atoms with Crippen LogP contribution in [-0.2, 0) is 9.53 Å². The summed E-state index contributed by atoms with van der Waals surface area (Å²) in [5.74, 6) is -1.17. The van der Waals surface area contributed by atoms with Gasteiger partial charge in [0.2, 0.25) is 5.43 Å². The molecule has 1 saturated carbocycles. The number of anilines is 1. The molecule has 0 amide bonds. The summed E-state index contributed by atoms with van der Waals surface area (Å²) in [4.78, 5) is 39.9. The van der Waals surface area contributed by atoms with Gasteiger partial charge in [-0.25, -0.2) is 9.18 Å². The summed E-state index contributed by atoms with van der Waals surface area (Å²) in [6.07, 6.45) is 1.85. The number of piperazine rings is 1. The number of carbonyl (C=O) groups is 2. The Morgan fingerprint density at radius 3 is 2.57 bits per heavy atom. The minimum Gasteiger partial charge on any atom is -0.469 e. The Labute approximate surface area is 212 Å². The summed E-state index contributed by atoms with van der Waals surface area (Å²) < 4.78 is 26.9. The van der Waals surface area contributed by atoms with Crippen molar-refractivity contribution >= 4 is 28.7 Å². The number of methoxy groups -OCH3 is 1. The third kappa shape index (κ3) is 5.15. The lowest BCUT2D eigenvalue weighted by Gasteiger charge is -2.42. The Morgan fingerprint density at radius 1 is 1.14 bits per heavy atom. The van der Waals surface area contributed by atoms with Crippen LogP contribution in [0.25, 0.3) is 10.9 Å². The van der Waals surface area contributed by atoms with Crippen LogP contribution in [0.3, 0.4) is 0 Å². The monoisotopic (exact) mass is 509 g/mol. The molecular formula is C27H28FN3O6. The van der Waals surface area contributed by atoms with Crippen molar-refractivity contribution in [3.63, 3.8) is 0 Å². The van der Waals surface area contributed by atoms with E-state index >= 15 is 4.39 Å². The fourth-order valence-electron chi connectivity index (χ4n) is 5.03. The van der Waals surface area contributed by atoms with Gasteiger partial charge in [-0.2, -0.15) is 0 Å². The molecule has 0 bridgehead atoms. The highest BCUT2D eigenvalue weighted by molar-refractivity contribution is 5.85. The number of pyridine rings is 1. The highest BCUT2D eigenvalue weighted by Gasteiger charge is 2.31. The van der Waals surface area contributed by atoms with Crippen LogP contribution in [0.2, 0.25) is 0 Å². The number of carbonyl (C=O) groups excluding carboxylic acids is 1. The molecule has 1 aliphatic carbocycles. The smallest absolute Gasteiger partial charge is 0.469 e. The Bertz CT molecular complexity index is 1390. The Kier molecular flexibility index (Phi) is 6.84. The standard InChI is InChI=1S/C27H28FN3O6/c1-36-25(32)9-10-29-11-12-30(15-23(29)17-5-3-2-4-6-17)22-14-21-19(13-20(22)28)26(33)24(37-27(34)35)16-31(21)18-7-8-18/h2-6,13-14,16,18,23H,7-12,15H2,1H3,(H,34,35). The van der Waals surface area contributed by atoms with Gasteiger partial charge in [0.1, 0.15) is 5.82 Å². The third-order valence-corrected chi connectivity index (χ3v) is 7.05. The van der Waals surface area contributed by atoms with E-state index in [1.807, 2.05) is 39.8 Å². The molecule has 2 fully saturated rings. The molecule has 5 rings (SSSR count). The van der Waals surface area contributed by atoms with Crippen LogP contribution in [0.1, 0.15) is 36.9 Å². The fraction of sp³-hybridized carbons (Fsp3) is 0.370. The predicted octanol–water partition coefficient (Wildman–Crippen LogP) is 3.96. The number of fused-ring (bicyclic) bond motifs is 1. The van der Waals surface area contributed by atoms with Gasteiger partial charge in [0.25, 0.3) is 0 Å². The molecule has 2 aliphatic rings. The number of hydrogen-bond donors (Lipinski definition) is 1. The van der Waals surface area contributed by atoms with E-state index < -0.39 is 17.4 Å². The third-order valence-electron chi connectivity index (χ3n) is 7.05. The number of rotatable bonds is 7. The lowest BCUT2D eigenvalue weighted by Crippen LogP contribution is -2.49. The maximum atomic E-state index is 15.5. The van der Waals surface area contributed by atoms with Crippen molar-refractivity contribution in [2.24, 2.45) is 0 Å². The molecule has 194 valence electrons. The number of aromatic nitrogens is 1. The molecule has 2 aromatic carbocycles. The van der Waals surface area contributed by atoms with Crippen molar-refractivity contribution in [3.05, 3.63) is 70.3 Å². The molecule has 9 nitrogen and oxygen atoms in total. The number of carboxylic acid groups (broad SMARTS) is 1. The van der Waals surface area contributed by atoms with Crippen molar-refractivity contribution < 1.29 is 28.6 Å². The summed E-state index contributed by atoms with van der Waals surface area (Å²) >= 11 is 0. The summed E-state index contributed by atoms with van der Waals surface area (Å²) in [7, 11) is 1.37. The van der Waals surface area contributed by atoms with Gasteiger partial charge in [0, 0.05) is 32.2 Å². The van der Waals surface area contributed by atoms with Crippen LogP contribution >= 0.6 is 0 Å². The van der Waals surface area contributed by atoms with Gasteiger partial charge in [0.15, 0.2) is 5.75 Å².